The molecule has 2 heterocycles. The van der Waals surface area contributed by atoms with Gasteiger partial charge >= 0.3 is 0 Å². The van der Waals surface area contributed by atoms with Crippen LogP contribution in [0.15, 0.2) is 30.6 Å². The van der Waals surface area contributed by atoms with Crippen molar-refractivity contribution in [3.05, 3.63) is 36.2 Å². The summed E-state index contributed by atoms with van der Waals surface area (Å²) in [5.41, 5.74) is 1.53. The Morgan fingerprint density at radius 2 is 2.24 bits per heavy atom. The maximum atomic E-state index is 12.6. The molecule has 1 N–H and O–H groups in total. The first-order valence-electron chi connectivity index (χ1n) is 7.14. The van der Waals surface area contributed by atoms with Crippen LogP contribution in [-0.2, 0) is 0 Å². The summed E-state index contributed by atoms with van der Waals surface area (Å²) in [4.78, 5) is 14.5. The van der Waals surface area contributed by atoms with Crippen molar-refractivity contribution < 1.29 is 4.79 Å². The molecule has 1 fully saturated rings. The molecule has 0 radical (unpaired) electrons. The van der Waals surface area contributed by atoms with Crippen molar-refractivity contribution in [2.75, 3.05) is 19.6 Å². The number of aromatic nitrogens is 4. The Morgan fingerprint density at radius 1 is 1.43 bits per heavy atom. The van der Waals surface area contributed by atoms with E-state index in [1.165, 1.54) is 6.33 Å². The van der Waals surface area contributed by atoms with Crippen LogP contribution in [-0.4, -0.2) is 56.7 Å². The number of hydrogen-bond donors (Lipinski definition) is 1. The summed E-state index contributed by atoms with van der Waals surface area (Å²) >= 11 is 0. The Balaban J connectivity index is 1.77. The Hall–Kier alpha value is -2.28. The van der Waals surface area contributed by atoms with Crippen molar-refractivity contribution in [3.8, 4) is 5.69 Å². The average Bonchev–Trinajstić information content (AvgIpc) is 3.22. The van der Waals surface area contributed by atoms with Gasteiger partial charge in [0.15, 0.2) is 0 Å². The van der Waals surface area contributed by atoms with E-state index in [0.717, 1.165) is 31.7 Å². The van der Waals surface area contributed by atoms with E-state index >= 15 is 0 Å². The molecule has 0 saturated carbocycles. The van der Waals surface area contributed by atoms with Crippen LogP contribution in [0.1, 0.15) is 23.7 Å². The molecule has 1 aliphatic rings. The third-order valence-electron chi connectivity index (χ3n) is 3.80. The minimum atomic E-state index is 0.0782. The topological polar surface area (TPSA) is 75.9 Å². The molecule has 21 heavy (non-hydrogen) atoms. The largest absolute Gasteiger partial charge is 0.335 e. The van der Waals surface area contributed by atoms with Gasteiger partial charge in [-0.25, -0.2) is 4.68 Å². The van der Waals surface area contributed by atoms with Crippen LogP contribution in [0.3, 0.4) is 0 Å². The highest BCUT2D eigenvalue weighted by molar-refractivity contribution is 5.94. The molecule has 2 aromatic rings. The van der Waals surface area contributed by atoms with Crippen LogP contribution in [0.2, 0.25) is 0 Å². The van der Waals surface area contributed by atoms with Gasteiger partial charge in [0.2, 0.25) is 0 Å². The molecule has 1 aromatic heterocycles. The van der Waals surface area contributed by atoms with Crippen LogP contribution in [0.25, 0.3) is 5.69 Å². The predicted octanol–water partition coefficient (Wildman–Crippen LogP) is 0.486. The highest BCUT2D eigenvalue weighted by Crippen LogP contribution is 2.15. The van der Waals surface area contributed by atoms with Gasteiger partial charge in [0.05, 0.1) is 5.69 Å². The molecule has 1 aromatic carbocycles. The van der Waals surface area contributed by atoms with Crippen LogP contribution in [0, 0.1) is 0 Å². The monoisotopic (exact) mass is 286 g/mol. The van der Waals surface area contributed by atoms with Crippen LogP contribution in [0.5, 0.6) is 0 Å². The highest BCUT2D eigenvalue weighted by atomic mass is 16.2. The van der Waals surface area contributed by atoms with E-state index in [0.29, 0.717) is 11.6 Å². The smallest absolute Gasteiger partial charge is 0.254 e. The van der Waals surface area contributed by atoms with E-state index in [2.05, 4.69) is 20.8 Å². The fourth-order valence-electron chi connectivity index (χ4n) is 2.68. The molecule has 110 valence electrons. The standard InChI is InChI=1S/C14H18N6O/c1-2-19(13-7-8-15-9-13)14(21)11-3-5-12(6-4-11)20-10-16-17-18-20/h3-6,10,13,15H,2,7-9H2,1H3. The Bertz CT molecular complexity index is 588. The summed E-state index contributed by atoms with van der Waals surface area (Å²) in [5.74, 6) is 0.0782. The van der Waals surface area contributed by atoms with Crippen molar-refractivity contribution in [1.29, 1.82) is 0 Å². The lowest BCUT2D eigenvalue weighted by Gasteiger charge is -2.27. The number of tetrazole rings is 1. The van der Waals surface area contributed by atoms with E-state index in [1.54, 1.807) is 4.68 Å². The van der Waals surface area contributed by atoms with Crippen LogP contribution in [0.4, 0.5) is 0 Å². The molecule has 7 nitrogen and oxygen atoms in total. The summed E-state index contributed by atoms with van der Waals surface area (Å²) in [7, 11) is 0. The van der Waals surface area contributed by atoms with Gasteiger partial charge in [-0.1, -0.05) is 0 Å². The normalized spacial score (nSPS) is 17.9. The fraction of sp³-hybridized carbons (Fsp3) is 0.429. The third-order valence-corrected chi connectivity index (χ3v) is 3.80. The Labute approximate surface area is 122 Å². The zero-order valence-corrected chi connectivity index (χ0v) is 11.9. The Kier molecular flexibility index (Phi) is 3.92. The quantitative estimate of drug-likeness (QED) is 0.885. The van der Waals surface area contributed by atoms with Gasteiger partial charge in [0.25, 0.3) is 5.91 Å². The van der Waals surface area contributed by atoms with Gasteiger partial charge in [-0.3, -0.25) is 4.79 Å². The van der Waals surface area contributed by atoms with Gasteiger partial charge in [-0.15, -0.1) is 5.10 Å². The molecule has 1 unspecified atom stereocenters. The second kappa shape index (κ2) is 6.01. The van der Waals surface area contributed by atoms with Gasteiger partial charge in [0.1, 0.15) is 6.33 Å². The molecular formula is C14H18N6O. The molecule has 7 heteroatoms. The molecule has 0 spiro atoms. The molecule has 1 saturated heterocycles. The maximum Gasteiger partial charge on any atom is 0.254 e. The lowest BCUT2D eigenvalue weighted by molar-refractivity contribution is 0.0704. The van der Waals surface area contributed by atoms with Crippen LogP contribution >= 0.6 is 0 Å². The highest BCUT2D eigenvalue weighted by Gasteiger charge is 2.25. The van der Waals surface area contributed by atoms with Gasteiger partial charge < -0.3 is 10.2 Å². The van der Waals surface area contributed by atoms with Gasteiger partial charge in [-0.2, -0.15) is 0 Å². The summed E-state index contributed by atoms with van der Waals surface area (Å²) < 4.78 is 1.56. The summed E-state index contributed by atoms with van der Waals surface area (Å²) in [6.45, 7) is 4.60. The zero-order chi connectivity index (χ0) is 14.7. The van der Waals surface area contributed by atoms with Crippen molar-refractivity contribution in [3.63, 3.8) is 0 Å². The minimum Gasteiger partial charge on any atom is -0.335 e. The van der Waals surface area contributed by atoms with Gasteiger partial charge in [-0.05, 0) is 54.6 Å². The predicted molar refractivity (Wildman–Crippen MR) is 77.1 cm³/mol. The Morgan fingerprint density at radius 3 is 2.81 bits per heavy atom. The fourth-order valence-corrected chi connectivity index (χ4v) is 2.68. The first-order chi connectivity index (χ1) is 10.3. The number of rotatable bonds is 4. The van der Waals surface area contributed by atoms with Crippen LogP contribution < -0.4 is 5.32 Å². The lowest BCUT2D eigenvalue weighted by Crippen LogP contribution is -2.41. The second-order valence-corrected chi connectivity index (χ2v) is 5.04. The SMILES string of the molecule is CCN(C(=O)c1ccc(-n2cnnn2)cc1)C1CCNC1. The number of benzene rings is 1. The molecule has 0 aliphatic carbocycles. The summed E-state index contributed by atoms with van der Waals surface area (Å²) in [5, 5.41) is 14.3. The molecule has 1 atom stereocenters. The number of likely N-dealkylation sites (N-methyl/N-ethyl adjacent to an activating group) is 1. The van der Waals surface area contributed by atoms with E-state index in [1.807, 2.05) is 36.1 Å². The minimum absolute atomic E-state index is 0.0782. The number of hydrogen-bond acceptors (Lipinski definition) is 5. The van der Waals surface area contributed by atoms with E-state index < -0.39 is 0 Å². The first-order valence-corrected chi connectivity index (χ1v) is 7.14. The average molecular weight is 286 g/mol. The van der Waals surface area contributed by atoms with Crippen molar-refractivity contribution in [1.82, 2.24) is 30.4 Å². The van der Waals surface area contributed by atoms with Crippen molar-refractivity contribution in [2.24, 2.45) is 0 Å². The molecule has 3 rings (SSSR count). The second-order valence-electron chi connectivity index (χ2n) is 5.04. The summed E-state index contributed by atoms with van der Waals surface area (Å²) in [6, 6.07) is 7.64. The summed E-state index contributed by atoms with van der Waals surface area (Å²) in [6.07, 6.45) is 2.54. The number of nitrogens with one attached hydrogen (secondary N) is 1. The number of nitrogens with zero attached hydrogens (tertiary/aromatic N) is 5. The van der Waals surface area contributed by atoms with Crippen molar-refractivity contribution in [2.45, 2.75) is 19.4 Å². The van der Waals surface area contributed by atoms with E-state index in [9.17, 15) is 4.79 Å². The van der Waals surface area contributed by atoms with Crippen molar-refractivity contribution >= 4 is 5.91 Å². The third kappa shape index (κ3) is 2.78. The maximum absolute atomic E-state index is 12.6. The molecule has 1 amide bonds. The number of carbonyl (C=O) groups is 1. The first kappa shape index (κ1) is 13.7. The lowest BCUT2D eigenvalue weighted by atomic mass is 10.1. The number of carbonyl (C=O) groups excluding carboxylic acids is 1. The van der Waals surface area contributed by atoms with E-state index in [4.69, 9.17) is 0 Å². The van der Waals surface area contributed by atoms with E-state index in [-0.39, 0.29) is 5.91 Å². The molecular weight excluding hydrogens is 268 g/mol. The zero-order valence-electron chi connectivity index (χ0n) is 11.9. The molecule has 0 bridgehead atoms. The van der Waals surface area contributed by atoms with Gasteiger partial charge in [0, 0.05) is 24.7 Å². The number of amides is 1. The molecule has 1 aliphatic heterocycles.